The van der Waals surface area contributed by atoms with Crippen LogP contribution in [0.3, 0.4) is 0 Å². The molecule has 0 saturated heterocycles. The van der Waals surface area contributed by atoms with Crippen molar-refractivity contribution in [3.63, 3.8) is 0 Å². The lowest BCUT2D eigenvalue weighted by Gasteiger charge is -2.14. The predicted molar refractivity (Wildman–Crippen MR) is 98.7 cm³/mol. The number of halogens is 1. The number of benzene rings is 2. The summed E-state index contributed by atoms with van der Waals surface area (Å²) in [6, 6.07) is 14.0. The first-order chi connectivity index (χ1) is 12.1. The maximum Gasteiger partial charge on any atom is 0.321 e. The molecule has 3 N–H and O–H groups in total. The molecule has 1 heterocycles. The van der Waals surface area contributed by atoms with Gasteiger partial charge in [-0.2, -0.15) is 0 Å². The fraction of sp³-hybridized carbons (Fsp3) is 0.118. The summed E-state index contributed by atoms with van der Waals surface area (Å²) >= 11 is 7.22. The molecule has 0 unspecified atom stereocenters. The number of rotatable bonds is 4. The van der Waals surface area contributed by atoms with Crippen molar-refractivity contribution >= 4 is 46.3 Å². The van der Waals surface area contributed by atoms with Crippen molar-refractivity contribution in [2.75, 3.05) is 7.05 Å². The third-order valence-electron chi connectivity index (χ3n) is 3.46. The molecule has 0 saturated carbocycles. The van der Waals surface area contributed by atoms with Crippen LogP contribution in [0.4, 0.5) is 4.79 Å². The third-order valence-corrected chi connectivity index (χ3v) is 4.83. The predicted octanol–water partition coefficient (Wildman–Crippen LogP) is 3.51. The number of H-pyrrole nitrogens is 1. The summed E-state index contributed by atoms with van der Waals surface area (Å²) < 4.78 is 0. The summed E-state index contributed by atoms with van der Waals surface area (Å²) in [6.45, 7) is 0. The number of hydrogen-bond donors (Lipinski definition) is 3. The van der Waals surface area contributed by atoms with Crippen molar-refractivity contribution in [1.29, 1.82) is 0 Å². The van der Waals surface area contributed by atoms with Crippen molar-refractivity contribution in [2.45, 2.75) is 10.4 Å². The Kier molecular flexibility index (Phi) is 5.25. The van der Waals surface area contributed by atoms with E-state index in [1.165, 1.54) is 18.8 Å². The minimum Gasteiger partial charge on any atom is -0.341 e. The van der Waals surface area contributed by atoms with Crippen molar-refractivity contribution in [3.8, 4) is 0 Å². The van der Waals surface area contributed by atoms with E-state index in [0.29, 0.717) is 10.2 Å². The molecule has 0 radical (unpaired) electrons. The number of carbonyl (C=O) groups excluding carboxylic acids is 2. The Bertz CT molecular complexity index is 913. The summed E-state index contributed by atoms with van der Waals surface area (Å²) in [4.78, 5) is 31.6. The number of hydrogen-bond acceptors (Lipinski definition) is 4. The maximum absolute atomic E-state index is 12.5. The van der Waals surface area contributed by atoms with E-state index < -0.39 is 17.2 Å². The molecule has 2 aromatic carbocycles. The summed E-state index contributed by atoms with van der Waals surface area (Å²) in [5, 5.41) is 5.23. The lowest BCUT2D eigenvalue weighted by Crippen LogP contribution is -2.39. The van der Waals surface area contributed by atoms with Gasteiger partial charge in [0.05, 0.1) is 11.0 Å². The highest BCUT2D eigenvalue weighted by molar-refractivity contribution is 8.00. The normalized spacial score (nSPS) is 11.9. The number of imidazole rings is 1. The van der Waals surface area contributed by atoms with Crippen molar-refractivity contribution in [2.24, 2.45) is 0 Å². The number of thioether (sulfide) groups is 1. The molecule has 0 aliphatic rings. The maximum atomic E-state index is 12.5. The van der Waals surface area contributed by atoms with Gasteiger partial charge in [0.15, 0.2) is 5.16 Å². The van der Waals surface area contributed by atoms with Crippen LogP contribution in [0.15, 0.2) is 53.7 Å². The van der Waals surface area contributed by atoms with Crippen LogP contribution in [0, 0.1) is 0 Å². The van der Waals surface area contributed by atoms with Gasteiger partial charge in [0, 0.05) is 12.1 Å². The topological polar surface area (TPSA) is 86.9 Å². The number of nitrogens with one attached hydrogen (secondary N) is 3. The molecular formula is C17H15ClN4O2S. The molecule has 0 fully saturated rings. The van der Waals surface area contributed by atoms with Gasteiger partial charge in [-0.05, 0) is 23.8 Å². The Labute approximate surface area is 153 Å². The molecule has 0 aliphatic heterocycles. The van der Waals surface area contributed by atoms with Gasteiger partial charge in [0.25, 0.3) is 0 Å². The van der Waals surface area contributed by atoms with E-state index in [9.17, 15) is 9.59 Å². The van der Waals surface area contributed by atoms with Crippen molar-refractivity contribution < 1.29 is 9.59 Å². The van der Waals surface area contributed by atoms with Crippen molar-refractivity contribution in [1.82, 2.24) is 20.6 Å². The van der Waals surface area contributed by atoms with E-state index in [2.05, 4.69) is 20.6 Å². The van der Waals surface area contributed by atoms with E-state index in [-0.39, 0.29) is 0 Å². The molecule has 3 rings (SSSR count). The molecular weight excluding hydrogens is 360 g/mol. The summed E-state index contributed by atoms with van der Waals surface area (Å²) in [5.74, 6) is -0.422. The molecule has 1 aromatic heterocycles. The van der Waals surface area contributed by atoms with Crippen molar-refractivity contribution in [3.05, 3.63) is 59.1 Å². The van der Waals surface area contributed by atoms with E-state index >= 15 is 0 Å². The number of nitrogens with zero attached hydrogens (tertiary/aromatic N) is 1. The Morgan fingerprint density at radius 2 is 1.96 bits per heavy atom. The average Bonchev–Trinajstić information content (AvgIpc) is 3.01. The first-order valence-electron chi connectivity index (χ1n) is 7.46. The first-order valence-corrected chi connectivity index (χ1v) is 8.72. The Morgan fingerprint density at radius 3 is 2.68 bits per heavy atom. The van der Waals surface area contributed by atoms with E-state index in [4.69, 9.17) is 11.6 Å². The van der Waals surface area contributed by atoms with Gasteiger partial charge in [0.1, 0.15) is 5.25 Å². The Morgan fingerprint density at radius 1 is 1.20 bits per heavy atom. The van der Waals surface area contributed by atoms with Crippen LogP contribution >= 0.6 is 23.4 Å². The number of aromatic nitrogens is 2. The van der Waals surface area contributed by atoms with E-state index in [1.54, 1.807) is 18.2 Å². The molecule has 8 heteroatoms. The molecule has 0 bridgehead atoms. The lowest BCUT2D eigenvalue weighted by atomic mass is 10.1. The fourth-order valence-electron chi connectivity index (χ4n) is 2.27. The minimum atomic E-state index is -0.630. The fourth-order valence-corrected chi connectivity index (χ4v) is 3.44. The molecule has 0 aliphatic carbocycles. The standard InChI is InChI=1S/C17H15ClN4O2S/c1-19-16(24)22-15(23)14(10-5-3-2-4-6-10)25-17-20-12-8-7-11(18)9-13(12)21-17/h2-9,14H,1H3,(H,20,21)(H2,19,22,23,24)/t14-/m1/s1. The molecule has 0 spiro atoms. The highest BCUT2D eigenvalue weighted by Gasteiger charge is 2.25. The average molecular weight is 375 g/mol. The zero-order valence-corrected chi connectivity index (χ0v) is 14.8. The third kappa shape index (κ3) is 4.12. The largest absolute Gasteiger partial charge is 0.341 e. The van der Waals surface area contributed by atoms with Crippen LogP contribution in [0.1, 0.15) is 10.8 Å². The molecule has 3 amide bonds. The van der Waals surface area contributed by atoms with Gasteiger partial charge in [-0.25, -0.2) is 9.78 Å². The summed E-state index contributed by atoms with van der Waals surface area (Å²) in [6.07, 6.45) is 0. The molecule has 25 heavy (non-hydrogen) atoms. The molecule has 6 nitrogen and oxygen atoms in total. The van der Waals surface area contributed by atoms with E-state index in [0.717, 1.165) is 16.6 Å². The van der Waals surface area contributed by atoms with Gasteiger partial charge >= 0.3 is 6.03 Å². The van der Waals surface area contributed by atoms with Crippen LogP contribution in [0.25, 0.3) is 11.0 Å². The number of aromatic amines is 1. The van der Waals surface area contributed by atoms with Gasteiger partial charge in [-0.3, -0.25) is 10.1 Å². The lowest BCUT2D eigenvalue weighted by molar-refractivity contribution is -0.119. The Balaban J connectivity index is 1.90. The molecule has 3 aromatic rings. The second kappa shape index (κ2) is 7.58. The molecule has 128 valence electrons. The van der Waals surface area contributed by atoms with Gasteiger partial charge in [-0.15, -0.1) is 0 Å². The monoisotopic (exact) mass is 374 g/mol. The smallest absolute Gasteiger partial charge is 0.321 e. The van der Waals surface area contributed by atoms with Crippen LogP contribution in [0.5, 0.6) is 0 Å². The van der Waals surface area contributed by atoms with Crippen LogP contribution < -0.4 is 10.6 Å². The summed E-state index contributed by atoms with van der Waals surface area (Å²) in [7, 11) is 1.45. The van der Waals surface area contributed by atoms with Crippen LogP contribution in [-0.2, 0) is 4.79 Å². The number of urea groups is 1. The van der Waals surface area contributed by atoms with Crippen LogP contribution in [0.2, 0.25) is 5.02 Å². The zero-order chi connectivity index (χ0) is 17.8. The number of amides is 3. The number of fused-ring (bicyclic) bond motifs is 1. The van der Waals surface area contributed by atoms with E-state index in [1.807, 2.05) is 30.3 Å². The zero-order valence-electron chi connectivity index (χ0n) is 13.2. The summed E-state index contributed by atoms with van der Waals surface area (Å²) in [5.41, 5.74) is 2.31. The first kappa shape index (κ1) is 17.3. The van der Waals surface area contributed by atoms with Gasteiger partial charge < -0.3 is 10.3 Å². The minimum absolute atomic E-state index is 0.422. The highest BCUT2D eigenvalue weighted by Crippen LogP contribution is 2.35. The SMILES string of the molecule is CNC(=O)NC(=O)[C@H](Sc1nc2ccc(Cl)cc2[nH]1)c1ccccc1. The van der Waals surface area contributed by atoms with Crippen LogP contribution in [-0.4, -0.2) is 29.0 Å². The highest BCUT2D eigenvalue weighted by atomic mass is 35.5. The second-order valence-corrected chi connectivity index (χ2v) is 6.71. The quantitative estimate of drug-likeness (QED) is 0.610. The second-order valence-electron chi connectivity index (χ2n) is 5.18. The number of carbonyl (C=O) groups is 2. The van der Waals surface area contributed by atoms with Gasteiger partial charge in [-0.1, -0.05) is 53.7 Å². The molecule has 1 atom stereocenters. The number of imide groups is 1. The Hall–Kier alpha value is -2.51. The van der Waals surface area contributed by atoms with Gasteiger partial charge in [0.2, 0.25) is 5.91 Å².